The molecule has 1 aromatic carbocycles. The molecule has 0 N–H and O–H groups in total. The minimum Gasteiger partial charge on any atom is -0.357 e. The summed E-state index contributed by atoms with van der Waals surface area (Å²) in [6.45, 7) is 4.28. The van der Waals surface area contributed by atoms with Crippen molar-refractivity contribution in [3.05, 3.63) is 29.6 Å². The van der Waals surface area contributed by atoms with Gasteiger partial charge in [-0.1, -0.05) is 12.1 Å². The maximum atomic E-state index is 13.9. The normalized spacial score (nSPS) is 22.8. The molecule has 1 saturated heterocycles. The second kappa shape index (κ2) is 4.26. The van der Waals surface area contributed by atoms with Crippen molar-refractivity contribution >= 4 is 11.6 Å². The molecule has 2 aliphatic rings. The quantitative estimate of drug-likeness (QED) is 0.756. The van der Waals surface area contributed by atoms with E-state index in [1.54, 1.807) is 6.07 Å². The number of anilines is 1. The topological polar surface area (TPSA) is 23.6 Å². The Morgan fingerprint density at radius 2 is 2.22 bits per heavy atom. The fraction of sp³-hybridized carbons (Fsp3) is 0.500. The molecule has 3 nitrogen and oxygen atoms in total. The molecule has 2 aliphatic heterocycles. The first-order valence-corrected chi connectivity index (χ1v) is 6.55. The first-order chi connectivity index (χ1) is 8.72. The Morgan fingerprint density at radius 3 is 3.00 bits per heavy atom. The molecular weight excluding hydrogens is 231 g/mol. The Morgan fingerprint density at radius 1 is 1.39 bits per heavy atom. The number of nitrogens with zero attached hydrogens (tertiary/aromatic N) is 2. The number of fused-ring (bicyclic) bond motifs is 3. The number of benzene rings is 1. The minimum absolute atomic E-state index is 0.144. The van der Waals surface area contributed by atoms with Crippen LogP contribution in [0.1, 0.15) is 18.9 Å². The van der Waals surface area contributed by atoms with Gasteiger partial charge in [0.05, 0.1) is 5.69 Å². The van der Waals surface area contributed by atoms with Gasteiger partial charge < -0.3 is 9.80 Å². The summed E-state index contributed by atoms with van der Waals surface area (Å²) < 4.78 is 13.9. The fourth-order valence-corrected chi connectivity index (χ4v) is 3.08. The van der Waals surface area contributed by atoms with E-state index < -0.39 is 0 Å². The number of hydrogen-bond acceptors (Lipinski definition) is 2. The van der Waals surface area contributed by atoms with Crippen molar-refractivity contribution in [1.82, 2.24) is 4.90 Å². The summed E-state index contributed by atoms with van der Waals surface area (Å²) in [4.78, 5) is 16.2. The fourth-order valence-electron chi connectivity index (χ4n) is 3.08. The van der Waals surface area contributed by atoms with Gasteiger partial charge >= 0.3 is 0 Å². The van der Waals surface area contributed by atoms with Gasteiger partial charge in [-0.25, -0.2) is 4.39 Å². The van der Waals surface area contributed by atoms with E-state index in [0.29, 0.717) is 12.1 Å². The van der Waals surface area contributed by atoms with Crippen molar-refractivity contribution in [3.8, 4) is 0 Å². The van der Waals surface area contributed by atoms with E-state index in [4.69, 9.17) is 0 Å². The zero-order valence-corrected chi connectivity index (χ0v) is 10.5. The number of carbonyl (C=O) groups excluding carboxylic acids is 1. The molecule has 0 bridgehead atoms. The van der Waals surface area contributed by atoms with Crippen LogP contribution in [0.3, 0.4) is 0 Å². The van der Waals surface area contributed by atoms with Crippen LogP contribution in [0.5, 0.6) is 0 Å². The van der Waals surface area contributed by atoms with Crippen LogP contribution in [-0.2, 0) is 11.2 Å². The molecule has 0 aliphatic carbocycles. The zero-order chi connectivity index (χ0) is 12.7. The number of amides is 1. The highest BCUT2D eigenvalue weighted by Gasteiger charge is 2.39. The van der Waals surface area contributed by atoms with Crippen molar-refractivity contribution < 1.29 is 9.18 Å². The highest BCUT2D eigenvalue weighted by atomic mass is 19.1. The van der Waals surface area contributed by atoms with E-state index in [1.165, 1.54) is 6.07 Å². The van der Waals surface area contributed by atoms with Gasteiger partial charge in [-0.15, -0.1) is 0 Å². The van der Waals surface area contributed by atoms with Crippen molar-refractivity contribution in [2.45, 2.75) is 25.8 Å². The molecule has 4 heteroatoms. The van der Waals surface area contributed by atoms with Crippen LogP contribution < -0.4 is 4.90 Å². The van der Waals surface area contributed by atoms with Gasteiger partial charge in [0, 0.05) is 26.1 Å². The van der Waals surface area contributed by atoms with Gasteiger partial charge in [-0.3, -0.25) is 4.79 Å². The molecule has 18 heavy (non-hydrogen) atoms. The number of rotatable bonds is 1. The lowest BCUT2D eigenvalue weighted by Gasteiger charge is -2.26. The van der Waals surface area contributed by atoms with E-state index in [1.807, 2.05) is 22.8 Å². The number of para-hydroxylation sites is 1. The van der Waals surface area contributed by atoms with Crippen molar-refractivity contribution in [2.24, 2.45) is 0 Å². The first-order valence-electron chi connectivity index (χ1n) is 6.55. The SMILES string of the molecule is CCN1CCCN2c3c(F)cccc3CC2C1=O. The van der Waals surface area contributed by atoms with Crippen molar-refractivity contribution in [1.29, 1.82) is 0 Å². The molecule has 1 fully saturated rings. The third-order valence-corrected chi connectivity index (χ3v) is 3.95. The largest absolute Gasteiger partial charge is 0.357 e. The van der Waals surface area contributed by atoms with E-state index in [9.17, 15) is 9.18 Å². The molecule has 1 atom stereocenters. The van der Waals surface area contributed by atoms with Crippen LogP contribution in [-0.4, -0.2) is 36.5 Å². The van der Waals surface area contributed by atoms with Crippen LogP contribution >= 0.6 is 0 Å². The minimum atomic E-state index is -0.201. The number of halogens is 1. The average Bonchev–Trinajstić information content (AvgIpc) is 2.67. The Kier molecular flexibility index (Phi) is 2.73. The predicted octanol–water partition coefficient (Wildman–Crippen LogP) is 1.81. The van der Waals surface area contributed by atoms with Gasteiger partial charge in [0.15, 0.2) is 0 Å². The number of carbonyl (C=O) groups is 1. The monoisotopic (exact) mass is 248 g/mol. The van der Waals surface area contributed by atoms with Crippen LogP contribution in [0.15, 0.2) is 18.2 Å². The molecular formula is C14H17FN2O. The standard InChI is InChI=1S/C14H17FN2O/c1-2-16-7-4-8-17-12(14(16)18)9-10-5-3-6-11(15)13(10)17/h3,5-6,12H,2,4,7-9H2,1H3. The summed E-state index contributed by atoms with van der Waals surface area (Å²) in [5.74, 6) is -0.0571. The number of hydrogen-bond donors (Lipinski definition) is 0. The summed E-state index contributed by atoms with van der Waals surface area (Å²) in [5.41, 5.74) is 1.61. The van der Waals surface area contributed by atoms with E-state index in [0.717, 1.165) is 31.6 Å². The lowest BCUT2D eigenvalue weighted by atomic mass is 10.1. The van der Waals surface area contributed by atoms with Crippen molar-refractivity contribution in [2.75, 3.05) is 24.5 Å². The Labute approximate surface area is 106 Å². The summed E-state index contributed by atoms with van der Waals surface area (Å²) in [6, 6.07) is 4.94. The van der Waals surface area contributed by atoms with E-state index in [2.05, 4.69) is 0 Å². The molecule has 0 radical (unpaired) electrons. The molecule has 96 valence electrons. The van der Waals surface area contributed by atoms with Crippen LogP contribution in [0.25, 0.3) is 0 Å². The third kappa shape index (κ3) is 1.59. The summed E-state index contributed by atoms with van der Waals surface area (Å²) >= 11 is 0. The molecule has 1 aromatic rings. The average molecular weight is 248 g/mol. The highest BCUT2D eigenvalue weighted by Crippen LogP contribution is 2.36. The summed E-state index contributed by atoms with van der Waals surface area (Å²) in [5, 5.41) is 0. The molecule has 2 heterocycles. The van der Waals surface area contributed by atoms with Gasteiger partial charge in [0.2, 0.25) is 5.91 Å². The lowest BCUT2D eigenvalue weighted by molar-refractivity contribution is -0.131. The molecule has 0 saturated carbocycles. The molecule has 1 amide bonds. The van der Waals surface area contributed by atoms with E-state index in [-0.39, 0.29) is 17.8 Å². The lowest BCUT2D eigenvalue weighted by Crippen LogP contribution is -2.44. The van der Waals surface area contributed by atoms with Crippen LogP contribution in [0.4, 0.5) is 10.1 Å². The second-order valence-corrected chi connectivity index (χ2v) is 4.93. The zero-order valence-electron chi connectivity index (χ0n) is 10.5. The van der Waals surface area contributed by atoms with Gasteiger partial charge in [-0.2, -0.15) is 0 Å². The summed E-state index contributed by atoms with van der Waals surface area (Å²) in [7, 11) is 0. The van der Waals surface area contributed by atoms with E-state index >= 15 is 0 Å². The molecule has 0 spiro atoms. The van der Waals surface area contributed by atoms with Crippen LogP contribution in [0.2, 0.25) is 0 Å². The van der Waals surface area contributed by atoms with Gasteiger partial charge in [-0.05, 0) is 25.0 Å². The molecule has 0 aromatic heterocycles. The Hall–Kier alpha value is -1.58. The smallest absolute Gasteiger partial charge is 0.245 e. The number of likely N-dealkylation sites (N-methyl/N-ethyl adjacent to an activating group) is 1. The Balaban J connectivity index is 2.00. The predicted molar refractivity (Wildman–Crippen MR) is 68.1 cm³/mol. The summed E-state index contributed by atoms with van der Waals surface area (Å²) in [6.07, 6.45) is 1.55. The first kappa shape index (κ1) is 11.5. The Bertz CT molecular complexity index is 489. The molecule has 1 unspecified atom stereocenters. The van der Waals surface area contributed by atoms with Gasteiger partial charge in [0.1, 0.15) is 11.9 Å². The van der Waals surface area contributed by atoms with Crippen molar-refractivity contribution in [3.63, 3.8) is 0 Å². The molecule has 3 rings (SSSR count). The van der Waals surface area contributed by atoms with Gasteiger partial charge in [0.25, 0.3) is 0 Å². The third-order valence-electron chi connectivity index (χ3n) is 3.95. The maximum absolute atomic E-state index is 13.9. The maximum Gasteiger partial charge on any atom is 0.245 e. The van der Waals surface area contributed by atoms with Crippen LogP contribution in [0, 0.1) is 5.82 Å². The highest BCUT2D eigenvalue weighted by molar-refractivity contribution is 5.88. The second-order valence-electron chi connectivity index (χ2n) is 4.93.